The average molecular weight is 249 g/mol. The number of rotatable bonds is 2. The van der Waals surface area contributed by atoms with E-state index in [-0.39, 0.29) is 0 Å². The van der Waals surface area contributed by atoms with Crippen LogP contribution in [0.15, 0.2) is 0 Å². The van der Waals surface area contributed by atoms with Crippen molar-refractivity contribution in [2.24, 2.45) is 17.8 Å². The zero-order chi connectivity index (χ0) is 12.1. The highest BCUT2D eigenvalue weighted by Crippen LogP contribution is 2.48. The van der Waals surface area contributed by atoms with E-state index in [0.717, 1.165) is 50.5 Å². The molecule has 2 aliphatic heterocycles. The third-order valence-corrected chi connectivity index (χ3v) is 5.64. The zero-order valence-electron chi connectivity index (χ0n) is 11.0. The Labute approximate surface area is 109 Å². The van der Waals surface area contributed by atoms with Crippen LogP contribution in [0.5, 0.6) is 0 Å². The number of carbonyl (C=O) groups is 1. The smallest absolute Gasteiger partial charge is 0.320 e. The van der Waals surface area contributed by atoms with Crippen molar-refractivity contribution in [1.82, 2.24) is 15.1 Å². The fourth-order valence-electron chi connectivity index (χ4n) is 4.73. The number of urea groups is 1. The topological polar surface area (TPSA) is 35.6 Å². The normalized spacial score (nSPS) is 42.8. The van der Waals surface area contributed by atoms with E-state index in [2.05, 4.69) is 15.1 Å². The first-order valence-corrected chi connectivity index (χ1v) is 7.57. The minimum absolute atomic E-state index is 0.310. The fraction of sp³-hybridized carbons (Fsp3) is 0.929. The van der Waals surface area contributed by atoms with E-state index in [0.29, 0.717) is 12.1 Å². The molecule has 2 aliphatic carbocycles. The second-order valence-corrected chi connectivity index (χ2v) is 6.67. The van der Waals surface area contributed by atoms with Gasteiger partial charge in [0, 0.05) is 32.7 Å². The maximum Gasteiger partial charge on any atom is 0.320 e. The van der Waals surface area contributed by atoms with Gasteiger partial charge in [-0.2, -0.15) is 0 Å². The van der Waals surface area contributed by atoms with E-state index < -0.39 is 0 Å². The van der Waals surface area contributed by atoms with Gasteiger partial charge in [0.2, 0.25) is 0 Å². The van der Waals surface area contributed by atoms with Crippen molar-refractivity contribution in [3.63, 3.8) is 0 Å². The second-order valence-electron chi connectivity index (χ2n) is 6.67. The number of hydrogen-bond acceptors (Lipinski definition) is 2. The molecule has 4 rings (SSSR count). The lowest BCUT2D eigenvalue weighted by Gasteiger charge is -2.28. The Morgan fingerprint density at radius 1 is 1.28 bits per heavy atom. The van der Waals surface area contributed by atoms with Crippen LogP contribution >= 0.6 is 0 Å². The summed E-state index contributed by atoms with van der Waals surface area (Å²) in [6, 6.07) is 0.745. The summed E-state index contributed by atoms with van der Waals surface area (Å²) >= 11 is 0. The molecule has 0 aromatic rings. The van der Waals surface area contributed by atoms with Crippen LogP contribution in [0.25, 0.3) is 0 Å². The van der Waals surface area contributed by atoms with Crippen LogP contribution in [-0.2, 0) is 0 Å². The maximum atomic E-state index is 12.4. The molecule has 0 radical (unpaired) electrons. The zero-order valence-corrected chi connectivity index (χ0v) is 11.0. The summed E-state index contributed by atoms with van der Waals surface area (Å²) in [5.74, 6) is 2.72. The largest absolute Gasteiger partial charge is 0.322 e. The third-order valence-electron chi connectivity index (χ3n) is 5.64. The molecule has 100 valence electrons. The molecule has 2 saturated heterocycles. The van der Waals surface area contributed by atoms with Crippen LogP contribution in [0, 0.1) is 17.8 Å². The van der Waals surface area contributed by atoms with E-state index in [4.69, 9.17) is 0 Å². The van der Waals surface area contributed by atoms with Gasteiger partial charge < -0.3 is 15.1 Å². The minimum Gasteiger partial charge on any atom is -0.322 e. The number of nitrogens with zero attached hydrogens (tertiary/aromatic N) is 2. The highest BCUT2D eigenvalue weighted by Gasteiger charge is 2.44. The molecule has 0 aromatic carbocycles. The van der Waals surface area contributed by atoms with Gasteiger partial charge in [-0.15, -0.1) is 0 Å². The molecule has 4 nitrogen and oxygen atoms in total. The number of fused-ring (bicyclic) bond motifs is 3. The van der Waals surface area contributed by atoms with Crippen molar-refractivity contribution >= 4 is 6.03 Å². The van der Waals surface area contributed by atoms with Gasteiger partial charge in [-0.05, 0) is 37.0 Å². The first kappa shape index (κ1) is 11.1. The second kappa shape index (κ2) is 4.12. The molecular formula is C14H23N3O. The average Bonchev–Trinajstić information content (AvgIpc) is 3.06. The van der Waals surface area contributed by atoms with E-state index in [1.807, 2.05) is 0 Å². The van der Waals surface area contributed by atoms with Gasteiger partial charge in [0.1, 0.15) is 0 Å². The quantitative estimate of drug-likeness (QED) is 0.796. The van der Waals surface area contributed by atoms with Gasteiger partial charge in [0.25, 0.3) is 0 Å². The summed E-state index contributed by atoms with van der Waals surface area (Å²) in [6.45, 7) is 4.84. The summed E-state index contributed by atoms with van der Waals surface area (Å²) in [4.78, 5) is 16.6. The van der Waals surface area contributed by atoms with Crippen molar-refractivity contribution in [3.8, 4) is 0 Å². The Balaban J connectivity index is 1.42. The lowest BCUT2D eigenvalue weighted by atomic mass is 9.88. The van der Waals surface area contributed by atoms with Crippen molar-refractivity contribution < 1.29 is 4.79 Å². The first-order chi connectivity index (χ1) is 8.81. The molecule has 4 heteroatoms. The van der Waals surface area contributed by atoms with Crippen LogP contribution in [0.3, 0.4) is 0 Å². The Bertz CT molecular complexity index is 359. The van der Waals surface area contributed by atoms with E-state index >= 15 is 0 Å². The van der Waals surface area contributed by atoms with Gasteiger partial charge in [-0.3, -0.25) is 0 Å². The lowest BCUT2D eigenvalue weighted by molar-refractivity contribution is 0.170. The third kappa shape index (κ3) is 1.65. The monoisotopic (exact) mass is 249 g/mol. The van der Waals surface area contributed by atoms with Crippen molar-refractivity contribution in [1.29, 1.82) is 0 Å². The Hall–Kier alpha value is -0.770. The molecule has 4 fully saturated rings. The Morgan fingerprint density at radius 3 is 2.94 bits per heavy atom. The number of carbonyl (C=O) groups excluding carboxylic acids is 1. The molecule has 2 amide bonds. The molecular weight excluding hydrogens is 226 g/mol. The van der Waals surface area contributed by atoms with Crippen LogP contribution < -0.4 is 5.32 Å². The SMILES string of the molecule is O=C1N(CC2CC3CCC2C3)CC2CNCCN12. The van der Waals surface area contributed by atoms with Gasteiger partial charge in [-0.1, -0.05) is 6.42 Å². The van der Waals surface area contributed by atoms with Crippen LogP contribution in [0.4, 0.5) is 4.79 Å². The minimum atomic E-state index is 0.310. The highest BCUT2D eigenvalue weighted by atomic mass is 16.2. The molecule has 1 N–H and O–H groups in total. The van der Waals surface area contributed by atoms with Gasteiger partial charge in [-0.25, -0.2) is 4.79 Å². The molecule has 4 aliphatic rings. The molecule has 0 spiro atoms. The summed E-state index contributed by atoms with van der Waals surface area (Å²) in [5.41, 5.74) is 0. The highest BCUT2D eigenvalue weighted by molar-refractivity contribution is 5.77. The number of hydrogen-bond donors (Lipinski definition) is 1. The standard InChI is InChI=1S/C14H23N3O/c18-14-16(9-13-7-15-3-4-17(13)14)8-12-6-10-1-2-11(12)5-10/h10-13,15H,1-9H2. The van der Waals surface area contributed by atoms with E-state index in [1.54, 1.807) is 0 Å². The summed E-state index contributed by atoms with van der Waals surface area (Å²) in [5, 5.41) is 3.40. The van der Waals surface area contributed by atoms with E-state index in [9.17, 15) is 4.79 Å². The molecule has 4 unspecified atom stereocenters. The molecule has 4 atom stereocenters. The van der Waals surface area contributed by atoms with Crippen molar-refractivity contribution in [3.05, 3.63) is 0 Å². The Morgan fingerprint density at radius 2 is 2.22 bits per heavy atom. The van der Waals surface area contributed by atoms with Gasteiger partial charge >= 0.3 is 6.03 Å². The molecule has 0 aromatic heterocycles. The lowest BCUT2D eigenvalue weighted by Crippen LogP contribution is -2.49. The summed E-state index contributed by atoms with van der Waals surface area (Å²) < 4.78 is 0. The van der Waals surface area contributed by atoms with Crippen LogP contribution in [0.2, 0.25) is 0 Å². The molecule has 2 bridgehead atoms. The van der Waals surface area contributed by atoms with Crippen molar-refractivity contribution in [2.45, 2.75) is 31.7 Å². The predicted molar refractivity (Wildman–Crippen MR) is 69.3 cm³/mol. The number of nitrogens with one attached hydrogen (secondary N) is 1. The summed E-state index contributed by atoms with van der Waals surface area (Å²) in [7, 11) is 0. The predicted octanol–water partition coefficient (Wildman–Crippen LogP) is 1.13. The van der Waals surface area contributed by atoms with Crippen LogP contribution in [0.1, 0.15) is 25.7 Å². The molecule has 2 heterocycles. The van der Waals surface area contributed by atoms with Gasteiger partial charge in [0.05, 0.1) is 6.04 Å². The van der Waals surface area contributed by atoms with Gasteiger partial charge in [0.15, 0.2) is 0 Å². The first-order valence-electron chi connectivity index (χ1n) is 7.57. The van der Waals surface area contributed by atoms with Crippen molar-refractivity contribution in [2.75, 3.05) is 32.7 Å². The van der Waals surface area contributed by atoms with E-state index in [1.165, 1.54) is 25.7 Å². The molecule has 18 heavy (non-hydrogen) atoms. The molecule has 2 saturated carbocycles. The Kier molecular flexibility index (Phi) is 2.54. The number of piperazine rings is 1. The fourth-order valence-corrected chi connectivity index (χ4v) is 4.73. The summed E-state index contributed by atoms with van der Waals surface area (Å²) in [6.07, 6.45) is 5.71. The number of amides is 2. The van der Waals surface area contributed by atoms with Crippen LogP contribution in [-0.4, -0.2) is 54.6 Å². The maximum absolute atomic E-state index is 12.4.